The molecule has 1 amide bonds. The molecule has 0 spiro atoms. The maximum atomic E-state index is 12.4. The van der Waals surface area contributed by atoms with Gasteiger partial charge in [-0.15, -0.1) is 0 Å². The van der Waals surface area contributed by atoms with Crippen molar-refractivity contribution < 1.29 is 26.4 Å². The van der Waals surface area contributed by atoms with E-state index < -0.39 is 28.7 Å². The SMILES string of the molecule is CN1CCC[C@H](NS(=O)(=O)c2ccc(C(=O)NCC(F)(F)F)cc2)C1. The topological polar surface area (TPSA) is 78.5 Å². The minimum absolute atomic E-state index is 0.0342. The molecule has 1 atom stereocenters. The van der Waals surface area contributed by atoms with Crippen molar-refractivity contribution in [3.63, 3.8) is 0 Å². The van der Waals surface area contributed by atoms with Gasteiger partial charge < -0.3 is 10.2 Å². The molecule has 1 heterocycles. The zero-order chi connectivity index (χ0) is 18.7. The number of nitrogens with zero attached hydrogens (tertiary/aromatic N) is 1. The van der Waals surface area contributed by atoms with Crippen molar-refractivity contribution >= 4 is 15.9 Å². The van der Waals surface area contributed by atoms with Crippen molar-refractivity contribution in [1.29, 1.82) is 0 Å². The predicted octanol–water partition coefficient (Wildman–Crippen LogP) is 1.35. The summed E-state index contributed by atoms with van der Waals surface area (Å²) in [5, 5.41) is 1.73. The summed E-state index contributed by atoms with van der Waals surface area (Å²) < 4.78 is 63.6. The smallest absolute Gasteiger partial charge is 0.343 e. The van der Waals surface area contributed by atoms with E-state index in [9.17, 15) is 26.4 Å². The fraction of sp³-hybridized carbons (Fsp3) is 0.533. The first-order valence-electron chi connectivity index (χ1n) is 7.73. The molecular weight excluding hydrogens is 359 g/mol. The number of halogens is 3. The maximum absolute atomic E-state index is 12.4. The van der Waals surface area contributed by atoms with E-state index in [2.05, 4.69) is 4.72 Å². The number of sulfonamides is 1. The highest BCUT2D eigenvalue weighted by Crippen LogP contribution is 2.16. The number of piperidine rings is 1. The molecule has 0 radical (unpaired) electrons. The molecule has 1 aliphatic rings. The van der Waals surface area contributed by atoms with Crippen LogP contribution in [-0.2, 0) is 10.0 Å². The first-order valence-corrected chi connectivity index (χ1v) is 9.21. The van der Waals surface area contributed by atoms with Crippen molar-refractivity contribution in [2.24, 2.45) is 0 Å². The Morgan fingerprint density at radius 3 is 2.48 bits per heavy atom. The zero-order valence-corrected chi connectivity index (χ0v) is 14.5. The lowest BCUT2D eigenvalue weighted by Crippen LogP contribution is -2.46. The van der Waals surface area contributed by atoms with Gasteiger partial charge in [0.2, 0.25) is 10.0 Å². The summed E-state index contributed by atoms with van der Waals surface area (Å²) in [6, 6.07) is 4.59. The van der Waals surface area contributed by atoms with E-state index in [1.807, 2.05) is 11.9 Å². The van der Waals surface area contributed by atoms with Gasteiger partial charge in [0.1, 0.15) is 6.54 Å². The number of alkyl halides is 3. The molecule has 1 aromatic rings. The van der Waals surface area contributed by atoms with Crippen molar-refractivity contribution in [2.75, 3.05) is 26.7 Å². The second-order valence-electron chi connectivity index (χ2n) is 6.04. The summed E-state index contributed by atoms with van der Waals surface area (Å²) in [6.45, 7) is 0.0831. The molecule has 25 heavy (non-hydrogen) atoms. The molecule has 0 aromatic heterocycles. The Morgan fingerprint density at radius 2 is 1.92 bits per heavy atom. The van der Waals surface area contributed by atoms with Crippen LogP contribution >= 0.6 is 0 Å². The van der Waals surface area contributed by atoms with Gasteiger partial charge in [-0.05, 0) is 50.7 Å². The molecule has 6 nitrogen and oxygen atoms in total. The Morgan fingerprint density at radius 1 is 1.28 bits per heavy atom. The third-order valence-electron chi connectivity index (χ3n) is 3.82. The summed E-state index contributed by atoms with van der Waals surface area (Å²) in [5.41, 5.74) is -0.0411. The van der Waals surface area contributed by atoms with Gasteiger partial charge in [-0.1, -0.05) is 0 Å². The lowest BCUT2D eigenvalue weighted by Gasteiger charge is -2.29. The molecule has 1 aliphatic heterocycles. The third kappa shape index (κ3) is 5.98. The van der Waals surface area contributed by atoms with Crippen LogP contribution in [0.3, 0.4) is 0 Å². The number of hydrogen-bond donors (Lipinski definition) is 2. The molecule has 1 aromatic carbocycles. The molecule has 0 saturated carbocycles. The van der Waals surface area contributed by atoms with Gasteiger partial charge in [-0.25, -0.2) is 13.1 Å². The fourth-order valence-corrected chi connectivity index (χ4v) is 3.88. The molecule has 2 rings (SSSR count). The van der Waals surface area contributed by atoms with Crippen molar-refractivity contribution in [1.82, 2.24) is 14.9 Å². The van der Waals surface area contributed by atoms with Gasteiger partial charge >= 0.3 is 6.18 Å². The lowest BCUT2D eigenvalue weighted by atomic mass is 10.1. The first kappa shape index (κ1) is 19.7. The predicted molar refractivity (Wildman–Crippen MR) is 85.7 cm³/mol. The summed E-state index contributed by atoms with van der Waals surface area (Å²) >= 11 is 0. The molecule has 0 bridgehead atoms. The number of hydrogen-bond acceptors (Lipinski definition) is 4. The highest BCUT2D eigenvalue weighted by molar-refractivity contribution is 7.89. The Hall–Kier alpha value is -1.65. The number of likely N-dealkylation sites (N-methyl/N-ethyl adjacent to an activating group) is 1. The first-order chi connectivity index (χ1) is 11.6. The van der Waals surface area contributed by atoms with E-state index in [0.29, 0.717) is 6.54 Å². The minimum atomic E-state index is -4.50. The van der Waals surface area contributed by atoms with E-state index in [-0.39, 0.29) is 16.5 Å². The number of nitrogens with one attached hydrogen (secondary N) is 2. The van der Waals surface area contributed by atoms with Gasteiger partial charge in [0.05, 0.1) is 4.90 Å². The van der Waals surface area contributed by atoms with Crippen LogP contribution in [0, 0.1) is 0 Å². The quantitative estimate of drug-likeness (QED) is 0.810. The molecule has 140 valence electrons. The van der Waals surface area contributed by atoms with E-state index in [4.69, 9.17) is 0 Å². The van der Waals surface area contributed by atoms with Crippen molar-refractivity contribution in [3.8, 4) is 0 Å². The van der Waals surface area contributed by atoms with E-state index in [0.717, 1.165) is 19.4 Å². The van der Waals surface area contributed by atoms with E-state index in [1.165, 1.54) is 24.3 Å². The highest BCUT2D eigenvalue weighted by atomic mass is 32.2. The van der Waals surface area contributed by atoms with Gasteiger partial charge in [0, 0.05) is 18.2 Å². The van der Waals surface area contributed by atoms with Crippen LogP contribution in [0.15, 0.2) is 29.2 Å². The molecule has 1 fully saturated rings. The summed E-state index contributed by atoms with van der Waals surface area (Å²) in [5.74, 6) is -0.914. The second kappa shape index (κ2) is 7.71. The van der Waals surface area contributed by atoms with Crippen molar-refractivity contribution in [3.05, 3.63) is 29.8 Å². The summed E-state index contributed by atoms with van der Waals surface area (Å²) in [6.07, 6.45) is -2.88. The third-order valence-corrected chi connectivity index (χ3v) is 5.36. The van der Waals surface area contributed by atoms with Crippen LogP contribution in [-0.4, -0.2) is 58.1 Å². The van der Waals surface area contributed by atoms with Crippen LogP contribution in [0.4, 0.5) is 13.2 Å². The number of carbonyl (C=O) groups excluding carboxylic acids is 1. The average Bonchev–Trinajstić information content (AvgIpc) is 2.51. The van der Waals surface area contributed by atoms with Crippen LogP contribution in [0.25, 0.3) is 0 Å². The highest BCUT2D eigenvalue weighted by Gasteiger charge is 2.28. The van der Waals surface area contributed by atoms with Crippen LogP contribution in [0.1, 0.15) is 23.2 Å². The van der Waals surface area contributed by atoms with Gasteiger partial charge in [-0.3, -0.25) is 4.79 Å². The molecule has 0 aliphatic carbocycles. The molecule has 2 N–H and O–H groups in total. The van der Waals surface area contributed by atoms with Crippen LogP contribution in [0.5, 0.6) is 0 Å². The summed E-state index contributed by atoms with van der Waals surface area (Å²) in [7, 11) is -1.84. The number of carbonyl (C=O) groups is 1. The number of amides is 1. The Balaban J connectivity index is 2.01. The fourth-order valence-electron chi connectivity index (χ4n) is 2.62. The Kier molecular flexibility index (Phi) is 6.07. The number of benzene rings is 1. The van der Waals surface area contributed by atoms with Crippen LogP contribution < -0.4 is 10.0 Å². The Labute approximate surface area is 144 Å². The van der Waals surface area contributed by atoms with Gasteiger partial charge in [-0.2, -0.15) is 13.2 Å². The molecule has 0 unspecified atom stereocenters. The van der Waals surface area contributed by atoms with Gasteiger partial charge in [0.25, 0.3) is 5.91 Å². The normalized spacial score (nSPS) is 19.6. The monoisotopic (exact) mass is 379 g/mol. The van der Waals surface area contributed by atoms with Crippen molar-refractivity contribution in [2.45, 2.75) is 30.0 Å². The number of likely N-dealkylation sites (tertiary alicyclic amines) is 1. The second-order valence-corrected chi connectivity index (χ2v) is 7.76. The molecular formula is C15H20F3N3O3S. The standard InChI is InChI=1S/C15H20F3N3O3S/c1-21-8-2-3-12(9-21)20-25(23,24)13-6-4-11(5-7-13)14(22)19-10-15(16,17)18/h4-7,12,20H,2-3,8-10H2,1H3,(H,19,22)/t12-/m0/s1. The average molecular weight is 379 g/mol. The number of rotatable bonds is 5. The van der Waals surface area contributed by atoms with Crippen LogP contribution in [0.2, 0.25) is 0 Å². The minimum Gasteiger partial charge on any atom is -0.343 e. The maximum Gasteiger partial charge on any atom is 0.405 e. The lowest BCUT2D eigenvalue weighted by molar-refractivity contribution is -0.123. The summed E-state index contributed by atoms with van der Waals surface area (Å²) in [4.78, 5) is 13.6. The molecule has 10 heteroatoms. The molecule has 1 saturated heterocycles. The van der Waals surface area contributed by atoms with E-state index >= 15 is 0 Å². The van der Waals surface area contributed by atoms with E-state index in [1.54, 1.807) is 5.32 Å². The van der Waals surface area contributed by atoms with Gasteiger partial charge in [0.15, 0.2) is 0 Å². The largest absolute Gasteiger partial charge is 0.405 e. The zero-order valence-electron chi connectivity index (χ0n) is 13.6. The Bertz CT molecular complexity index is 705.